The molecule has 5 heteroatoms. The fraction of sp³-hybridized carbons (Fsp3) is 0.650. The van der Waals surface area contributed by atoms with Gasteiger partial charge >= 0.3 is 0 Å². The van der Waals surface area contributed by atoms with E-state index in [0.29, 0.717) is 6.42 Å². The lowest BCUT2D eigenvalue weighted by Crippen LogP contribution is -2.58. The van der Waals surface area contributed by atoms with Gasteiger partial charge in [0.25, 0.3) is 0 Å². The number of amides is 1. The van der Waals surface area contributed by atoms with Gasteiger partial charge in [-0.2, -0.15) is 0 Å². The van der Waals surface area contributed by atoms with Crippen molar-refractivity contribution < 1.29 is 14.6 Å². The van der Waals surface area contributed by atoms with Crippen LogP contribution in [0.15, 0.2) is 18.2 Å². The van der Waals surface area contributed by atoms with Crippen LogP contribution in [0.3, 0.4) is 0 Å². The summed E-state index contributed by atoms with van der Waals surface area (Å²) in [6.07, 6.45) is 3.34. The standard InChI is InChI=1S/C20H28N2O3/c1-3-12-11-22-7-6-13(12)8-18(22)20(24)16-10-19(23)21-17-5-4-14(25-2)9-15(16)17/h4-5,9,12-13,16,18,20,24H,3,6-8,10-11H2,1-2H3,(H,21,23)/t12-,13-,16?,18+,20?/m0/s1. The number of methoxy groups -OCH3 is 1. The smallest absolute Gasteiger partial charge is 0.225 e. The maximum atomic E-state index is 12.2. The molecule has 5 rings (SSSR count). The van der Waals surface area contributed by atoms with Gasteiger partial charge in [-0.05, 0) is 55.0 Å². The van der Waals surface area contributed by atoms with Crippen LogP contribution < -0.4 is 10.1 Å². The van der Waals surface area contributed by atoms with E-state index in [0.717, 1.165) is 48.3 Å². The third-order valence-corrected chi connectivity index (χ3v) is 6.60. The molecule has 0 aliphatic carbocycles. The molecule has 1 aromatic carbocycles. The summed E-state index contributed by atoms with van der Waals surface area (Å²) < 4.78 is 5.35. The second-order valence-corrected chi connectivity index (χ2v) is 7.82. The van der Waals surface area contributed by atoms with Crippen LogP contribution in [0.5, 0.6) is 5.75 Å². The number of fused-ring (bicyclic) bond motifs is 4. The Morgan fingerprint density at radius 3 is 2.96 bits per heavy atom. The van der Waals surface area contributed by atoms with E-state index in [9.17, 15) is 9.90 Å². The highest BCUT2D eigenvalue weighted by atomic mass is 16.5. The summed E-state index contributed by atoms with van der Waals surface area (Å²) in [5.41, 5.74) is 1.81. The number of piperidine rings is 3. The average Bonchev–Trinajstić information content (AvgIpc) is 2.66. The zero-order valence-electron chi connectivity index (χ0n) is 15.1. The molecule has 4 aliphatic rings. The topological polar surface area (TPSA) is 61.8 Å². The quantitative estimate of drug-likeness (QED) is 0.881. The molecule has 5 nitrogen and oxygen atoms in total. The van der Waals surface area contributed by atoms with Crippen molar-refractivity contribution in [1.29, 1.82) is 0 Å². The molecule has 0 saturated carbocycles. The normalized spacial score (nSPS) is 35.0. The van der Waals surface area contributed by atoms with Gasteiger partial charge in [0.15, 0.2) is 0 Å². The van der Waals surface area contributed by atoms with Crippen LogP contribution in [0.2, 0.25) is 0 Å². The predicted octanol–water partition coefficient (Wildman–Crippen LogP) is 2.60. The van der Waals surface area contributed by atoms with Gasteiger partial charge in [0, 0.05) is 30.6 Å². The van der Waals surface area contributed by atoms with Crippen LogP contribution in [0.25, 0.3) is 0 Å². The molecule has 1 amide bonds. The molecular weight excluding hydrogens is 316 g/mol. The maximum Gasteiger partial charge on any atom is 0.225 e. The molecule has 3 saturated heterocycles. The second-order valence-electron chi connectivity index (χ2n) is 7.82. The number of rotatable bonds is 4. The lowest BCUT2D eigenvalue weighted by atomic mass is 9.70. The molecule has 0 spiro atoms. The Morgan fingerprint density at radius 2 is 2.28 bits per heavy atom. The van der Waals surface area contributed by atoms with Crippen LogP contribution in [0.1, 0.15) is 44.1 Å². The zero-order valence-corrected chi connectivity index (χ0v) is 15.1. The molecule has 4 heterocycles. The SMILES string of the molecule is CC[C@H]1CN2CC[C@H]1C[C@@H]2C(O)C1CC(=O)Nc2ccc(OC)cc21. The highest BCUT2D eigenvalue weighted by Crippen LogP contribution is 2.44. The highest BCUT2D eigenvalue weighted by molar-refractivity contribution is 5.95. The van der Waals surface area contributed by atoms with Crippen LogP contribution in [0.4, 0.5) is 5.69 Å². The van der Waals surface area contributed by atoms with Gasteiger partial charge < -0.3 is 15.2 Å². The Labute approximate surface area is 149 Å². The fourth-order valence-electron chi connectivity index (χ4n) is 5.17. The fourth-order valence-corrected chi connectivity index (χ4v) is 5.17. The molecule has 4 aliphatic heterocycles. The number of hydrogen-bond donors (Lipinski definition) is 2. The summed E-state index contributed by atoms with van der Waals surface area (Å²) in [5, 5.41) is 14.2. The molecule has 1 aromatic rings. The first kappa shape index (κ1) is 16.9. The highest BCUT2D eigenvalue weighted by Gasteiger charge is 2.45. The third kappa shape index (κ3) is 2.93. The summed E-state index contributed by atoms with van der Waals surface area (Å²) in [7, 11) is 1.64. The molecule has 3 unspecified atom stereocenters. The molecule has 0 aromatic heterocycles. The molecule has 3 fully saturated rings. The summed E-state index contributed by atoms with van der Waals surface area (Å²) in [5.74, 6) is 2.08. The van der Waals surface area contributed by atoms with Crippen LogP contribution in [0, 0.1) is 11.8 Å². The zero-order chi connectivity index (χ0) is 17.6. The van der Waals surface area contributed by atoms with E-state index >= 15 is 0 Å². The number of ether oxygens (including phenoxy) is 1. The van der Waals surface area contributed by atoms with Gasteiger partial charge in [-0.3, -0.25) is 9.69 Å². The Hall–Kier alpha value is -1.59. The molecule has 25 heavy (non-hydrogen) atoms. The van der Waals surface area contributed by atoms with Crippen molar-refractivity contribution in [3.05, 3.63) is 23.8 Å². The van der Waals surface area contributed by atoms with Gasteiger partial charge in [-0.25, -0.2) is 0 Å². The number of carbonyl (C=O) groups excluding carboxylic acids is 1. The van der Waals surface area contributed by atoms with Gasteiger partial charge in [0.2, 0.25) is 5.91 Å². The van der Waals surface area contributed by atoms with E-state index in [4.69, 9.17) is 4.74 Å². The first-order valence-electron chi connectivity index (χ1n) is 9.50. The van der Waals surface area contributed by atoms with E-state index < -0.39 is 6.10 Å². The number of nitrogens with zero attached hydrogens (tertiary/aromatic N) is 1. The van der Waals surface area contributed by atoms with Crippen molar-refractivity contribution in [2.24, 2.45) is 11.8 Å². The Balaban J connectivity index is 1.61. The van der Waals surface area contributed by atoms with Crippen molar-refractivity contribution in [1.82, 2.24) is 4.90 Å². The number of aliphatic hydroxyl groups is 1. The summed E-state index contributed by atoms with van der Waals surface area (Å²) in [6, 6.07) is 5.86. The van der Waals surface area contributed by atoms with E-state index in [1.807, 2.05) is 18.2 Å². The minimum Gasteiger partial charge on any atom is -0.497 e. The number of benzene rings is 1. The first-order chi connectivity index (χ1) is 12.1. The second kappa shape index (κ2) is 6.61. The Bertz CT molecular complexity index is 662. The third-order valence-electron chi connectivity index (χ3n) is 6.60. The number of hydrogen-bond acceptors (Lipinski definition) is 4. The Morgan fingerprint density at radius 1 is 1.44 bits per heavy atom. The number of carbonyl (C=O) groups is 1. The molecule has 0 radical (unpaired) electrons. The summed E-state index contributed by atoms with van der Waals surface area (Å²) >= 11 is 0. The van der Waals surface area contributed by atoms with Crippen molar-refractivity contribution in [3.63, 3.8) is 0 Å². The van der Waals surface area contributed by atoms with Gasteiger partial charge in [-0.1, -0.05) is 13.3 Å². The predicted molar refractivity (Wildman–Crippen MR) is 96.9 cm³/mol. The van der Waals surface area contributed by atoms with Gasteiger partial charge in [-0.15, -0.1) is 0 Å². The van der Waals surface area contributed by atoms with E-state index in [1.165, 1.54) is 12.8 Å². The van der Waals surface area contributed by atoms with Crippen LogP contribution in [-0.2, 0) is 4.79 Å². The molecule has 6 atom stereocenters. The van der Waals surface area contributed by atoms with Crippen molar-refractivity contribution >= 4 is 11.6 Å². The van der Waals surface area contributed by atoms with Crippen molar-refractivity contribution in [3.8, 4) is 5.75 Å². The molecule has 2 N–H and O–H groups in total. The first-order valence-corrected chi connectivity index (χ1v) is 9.50. The largest absolute Gasteiger partial charge is 0.497 e. The van der Waals surface area contributed by atoms with E-state index in [1.54, 1.807) is 7.11 Å². The van der Waals surface area contributed by atoms with E-state index in [-0.39, 0.29) is 17.9 Å². The minimum absolute atomic E-state index is 0.0101. The lowest BCUT2D eigenvalue weighted by molar-refractivity contribution is -0.118. The van der Waals surface area contributed by atoms with E-state index in [2.05, 4.69) is 17.1 Å². The molecule has 2 bridgehead atoms. The Kier molecular flexibility index (Phi) is 4.46. The number of nitrogens with one attached hydrogen (secondary N) is 1. The molecule has 136 valence electrons. The van der Waals surface area contributed by atoms with Crippen LogP contribution in [-0.4, -0.2) is 48.3 Å². The van der Waals surface area contributed by atoms with Gasteiger partial charge in [0.1, 0.15) is 5.75 Å². The van der Waals surface area contributed by atoms with Crippen LogP contribution >= 0.6 is 0 Å². The minimum atomic E-state index is -0.516. The lowest BCUT2D eigenvalue weighted by Gasteiger charge is -2.52. The number of aliphatic hydroxyl groups excluding tert-OH is 1. The molecular formula is C20H28N2O3. The monoisotopic (exact) mass is 344 g/mol. The summed E-state index contributed by atoms with van der Waals surface area (Å²) in [6.45, 7) is 4.44. The van der Waals surface area contributed by atoms with Crippen molar-refractivity contribution in [2.45, 2.75) is 50.7 Å². The summed E-state index contributed by atoms with van der Waals surface area (Å²) in [4.78, 5) is 14.6. The van der Waals surface area contributed by atoms with Gasteiger partial charge in [0.05, 0.1) is 13.2 Å². The number of anilines is 1. The maximum absolute atomic E-state index is 12.2. The van der Waals surface area contributed by atoms with Crippen molar-refractivity contribution in [2.75, 3.05) is 25.5 Å². The average molecular weight is 344 g/mol.